The van der Waals surface area contributed by atoms with Crippen LogP contribution >= 0.6 is 15.9 Å². The molecule has 0 unspecified atom stereocenters. The highest BCUT2D eigenvalue weighted by atomic mass is 79.9. The van der Waals surface area contributed by atoms with Gasteiger partial charge >= 0.3 is 0 Å². The minimum Gasteiger partial charge on any atom is -0.497 e. The number of hydrogen-bond acceptors (Lipinski definition) is 2. The zero-order valence-electron chi connectivity index (χ0n) is 12.8. The van der Waals surface area contributed by atoms with Crippen LogP contribution in [0, 0.1) is 5.41 Å². The Morgan fingerprint density at radius 1 is 1.05 bits per heavy atom. The first-order chi connectivity index (χ1) is 10.4. The number of β-lactam (4-membered cyclic amide) rings is 1. The summed E-state index contributed by atoms with van der Waals surface area (Å²) in [5, 5.41) is 0. The molecule has 2 aromatic rings. The number of rotatable bonds is 3. The molecule has 0 radical (unpaired) electrons. The number of nitrogens with zero attached hydrogens (tertiary/aromatic N) is 1. The highest BCUT2D eigenvalue weighted by molar-refractivity contribution is 9.10. The van der Waals surface area contributed by atoms with Crippen LogP contribution in [-0.4, -0.2) is 13.0 Å². The Balaban J connectivity index is 1.98. The van der Waals surface area contributed by atoms with E-state index in [9.17, 15) is 4.79 Å². The number of carbonyl (C=O) groups excluding carboxylic acids is 1. The van der Waals surface area contributed by atoms with Crippen LogP contribution in [0.15, 0.2) is 53.0 Å². The van der Waals surface area contributed by atoms with Crippen molar-refractivity contribution in [1.29, 1.82) is 0 Å². The van der Waals surface area contributed by atoms with Crippen molar-refractivity contribution >= 4 is 27.5 Å². The summed E-state index contributed by atoms with van der Waals surface area (Å²) in [6, 6.07) is 15.8. The third kappa shape index (κ3) is 2.31. The largest absolute Gasteiger partial charge is 0.497 e. The lowest BCUT2D eigenvalue weighted by molar-refractivity contribution is -0.137. The lowest BCUT2D eigenvalue weighted by Gasteiger charge is -2.53. The number of hydrogen-bond donors (Lipinski definition) is 0. The van der Waals surface area contributed by atoms with Crippen molar-refractivity contribution in [2.45, 2.75) is 19.9 Å². The van der Waals surface area contributed by atoms with Crippen LogP contribution in [0.2, 0.25) is 0 Å². The van der Waals surface area contributed by atoms with Gasteiger partial charge in [-0.15, -0.1) is 0 Å². The van der Waals surface area contributed by atoms with Crippen molar-refractivity contribution in [2.24, 2.45) is 5.41 Å². The molecule has 1 heterocycles. The molecule has 0 aromatic heterocycles. The average Bonchev–Trinajstić information content (AvgIpc) is 2.53. The van der Waals surface area contributed by atoms with Crippen LogP contribution < -0.4 is 9.64 Å². The van der Waals surface area contributed by atoms with Gasteiger partial charge in [0.2, 0.25) is 5.91 Å². The Labute approximate surface area is 139 Å². The number of anilines is 1. The maximum atomic E-state index is 12.6. The Morgan fingerprint density at radius 3 is 2.18 bits per heavy atom. The summed E-state index contributed by atoms with van der Waals surface area (Å²) < 4.78 is 6.22. The molecule has 1 atom stereocenters. The standard InChI is InChI=1S/C18H18BrNO2/c1-18(2)16(12-4-6-13(19)7-5-12)20(17(18)21)14-8-10-15(22-3)11-9-14/h4-11,16H,1-3H3/t16-/m0/s1. The number of benzene rings is 2. The summed E-state index contributed by atoms with van der Waals surface area (Å²) in [4.78, 5) is 14.4. The molecule has 0 N–H and O–H groups in total. The van der Waals surface area contributed by atoms with Gasteiger partial charge in [0.15, 0.2) is 0 Å². The van der Waals surface area contributed by atoms with Crippen LogP contribution in [0.5, 0.6) is 5.75 Å². The van der Waals surface area contributed by atoms with Crippen molar-refractivity contribution < 1.29 is 9.53 Å². The third-order valence-electron chi connectivity index (χ3n) is 4.25. The smallest absolute Gasteiger partial charge is 0.235 e. The van der Waals surface area contributed by atoms with E-state index in [2.05, 4.69) is 28.1 Å². The summed E-state index contributed by atoms with van der Waals surface area (Å²) in [5.41, 5.74) is 1.65. The molecule has 3 nitrogen and oxygen atoms in total. The van der Waals surface area contributed by atoms with Crippen molar-refractivity contribution in [3.8, 4) is 5.75 Å². The fourth-order valence-corrected chi connectivity index (χ4v) is 3.29. The summed E-state index contributed by atoms with van der Waals surface area (Å²) in [5.74, 6) is 0.932. The molecular formula is C18H18BrNO2. The fourth-order valence-electron chi connectivity index (χ4n) is 3.02. The lowest BCUT2D eigenvalue weighted by Crippen LogP contribution is -2.61. The van der Waals surface area contributed by atoms with E-state index in [4.69, 9.17) is 4.74 Å². The molecule has 114 valence electrons. The summed E-state index contributed by atoms with van der Waals surface area (Å²) >= 11 is 3.46. The summed E-state index contributed by atoms with van der Waals surface area (Å²) in [6.45, 7) is 4.00. The van der Waals surface area contributed by atoms with Crippen molar-refractivity contribution in [2.75, 3.05) is 12.0 Å². The van der Waals surface area contributed by atoms with Gasteiger partial charge < -0.3 is 9.64 Å². The van der Waals surface area contributed by atoms with E-state index in [1.54, 1.807) is 7.11 Å². The Kier molecular flexibility index (Phi) is 3.73. The van der Waals surface area contributed by atoms with Crippen molar-refractivity contribution in [3.05, 3.63) is 58.6 Å². The second-order valence-corrected chi connectivity index (χ2v) is 6.96. The highest BCUT2D eigenvalue weighted by Crippen LogP contribution is 2.51. The average molecular weight is 360 g/mol. The van der Waals surface area contributed by atoms with E-state index in [-0.39, 0.29) is 11.9 Å². The molecule has 3 rings (SSSR count). The lowest BCUT2D eigenvalue weighted by atomic mass is 9.70. The maximum Gasteiger partial charge on any atom is 0.235 e. The summed E-state index contributed by atoms with van der Waals surface area (Å²) in [6.07, 6.45) is 0. The van der Waals surface area contributed by atoms with Crippen LogP contribution in [0.1, 0.15) is 25.5 Å². The zero-order valence-corrected chi connectivity index (χ0v) is 14.4. The quantitative estimate of drug-likeness (QED) is 0.751. The first-order valence-electron chi connectivity index (χ1n) is 7.18. The van der Waals surface area contributed by atoms with Crippen LogP contribution in [0.3, 0.4) is 0 Å². The first kappa shape index (κ1) is 15.1. The molecule has 0 spiro atoms. The fraction of sp³-hybridized carbons (Fsp3) is 0.278. The van der Waals surface area contributed by atoms with Gasteiger partial charge in [0.25, 0.3) is 0 Å². The zero-order chi connectivity index (χ0) is 15.9. The molecule has 1 fully saturated rings. The van der Waals surface area contributed by atoms with E-state index >= 15 is 0 Å². The van der Waals surface area contributed by atoms with Crippen LogP contribution in [0.25, 0.3) is 0 Å². The van der Waals surface area contributed by atoms with Gasteiger partial charge in [0, 0.05) is 10.2 Å². The topological polar surface area (TPSA) is 29.5 Å². The minimum atomic E-state index is -0.395. The van der Waals surface area contributed by atoms with Gasteiger partial charge in [0.05, 0.1) is 18.6 Å². The number of amides is 1. The molecule has 0 aliphatic carbocycles. The van der Waals surface area contributed by atoms with Gasteiger partial charge in [-0.1, -0.05) is 28.1 Å². The van der Waals surface area contributed by atoms with Crippen LogP contribution in [0.4, 0.5) is 5.69 Å². The SMILES string of the molecule is COc1ccc(N2C(=O)C(C)(C)[C@@H]2c2ccc(Br)cc2)cc1. The molecule has 2 aromatic carbocycles. The molecule has 1 saturated heterocycles. The monoisotopic (exact) mass is 359 g/mol. The number of methoxy groups -OCH3 is 1. The van der Waals surface area contributed by atoms with Gasteiger partial charge in [-0.2, -0.15) is 0 Å². The Hall–Kier alpha value is -1.81. The van der Waals surface area contributed by atoms with Gasteiger partial charge in [-0.3, -0.25) is 4.79 Å². The number of carbonyl (C=O) groups is 1. The van der Waals surface area contributed by atoms with Crippen molar-refractivity contribution in [1.82, 2.24) is 0 Å². The predicted octanol–water partition coefficient (Wildman–Crippen LogP) is 4.57. The van der Waals surface area contributed by atoms with Crippen LogP contribution in [-0.2, 0) is 4.79 Å². The number of ether oxygens (including phenoxy) is 1. The molecule has 0 bridgehead atoms. The number of halogens is 1. The van der Waals surface area contributed by atoms with E-state index < -0.39 is 5.41 Å². The molecule has 1 aliphatic heterocycles. The predicted molar refractivity (Wildman–Crippen MR) is 91.1 cm³/mol. The van der Waals surface area contributed by atoms with Crippen molar-refractivity contribution in [3.63, 3.8) is 0 Å². The van der Waals surface area contributed by atoms with Gasteiger partial charge in [0.1, 0.15) is 5.75 Å². The molecule has 0 saturated carbocycles. The molecule has 1 amide bonds. The molecule has 1 aliphatic rings. The van der Waals surface area contributed by atoms with E-state index in [1.807, 2.05) is 55.1 Å². The van der Waals surface area contributed by atoms with E-state index in [0.717, 1.165) is 21.5 Å². The summed E-state index contributed by atoms with van der Waals surface area (Å²) in [7, 11) is 1.64. The van der Waals surface area contributed by atoms with E-state index in [1.165, 1.54) is 0 Å². The third-order valence-corrected chi connectivity index (χ3v) is 4.78. The Bertz CT molecular complexity index is 692. The minimum absolute atomic E-state index is 0.0431. The maximum absolute atomic E-state index is 12.6. The first-order valence-corrected chi connectivity index (χ1v) is 7.97. The molecular weight excluding hydrogens is 342 g/mol. The second kappa shape index (κ2) is 5.43. The Morgan fingerprint density at radius 2 is 1.64 bits per heavy atom. The van der Waals surface area contributed by atoms with Gasteiger partial charge in [-0.05, 0) is 55.8 Å². The normalized spacial score (nSPS) is 19.7. The molecule has 4 heteroatoms. The van der Waals surface area contributed by atoms with E-state index in [0.29, 0.717) is 0 Å². The van der Waals surface area contributed by atoms with Gasteiger partial charge in [-0.25, -0.2) is 0 Å². The highest BCUT2D eigenvalue weighted by Gasteiger charge is 2.55. The molecule has 22 heavy (non-hydrogen) atoms. The second-order valence-electron chi connectivity index (χ2n) is 6.05.